The third-order valence-electron chi connectivity index (χ3n) is 6.35. The van der Waals surface area contributed by atoms with Gasteiger partial charge >= 0.3 is 0 Å². The summed E-state index contributed by atoms with van der Waals surface area (Å²) in [6.07, 6.45) is 13.9. The van der Waals surface area contributed by atoms with Crippen molar-refractivity contribution in [1.29, 1.82) is 0 Å². The molecule has 0 aromatic heterocycles. The van der Waals surface area contributed by atoms with Gasteiger partial charge in [0.25, 0.3) is 0 Å². The average molecular weight is 302 g/mol. The van der Waals surface area contributed by atoms with Crippen molar-refractivity contribution in [2.45, 2.75) is 71.1 Å². The van der Waals surface area contributed by atoms with Crippen LogP contribution in [-0.4, -0.2) is 0 Å². The fourth-order valence-electron chi connectivity index (χ4n) is 4.77. The summed E-state index contributed by atoms with van der Waals surface area (Å²) in [4.78, 5) is 0. The largest absolute Gasteiger partial charge is 0.207 e. The van der Waals surface area contributed by atoms with Crippen LogP contribution >= 0.6 is 0 Å². The zero-order chi connectivity index (χ0) is 15.4. The van der Waals surface area contributed by atoms with Gasteiger partial charge in [0.1, 0.15) is 5.82 Å². The maximum absolute atomic E-state index is 13.2. The van der Waals surface area contributed by atoms with Gasteiger partial charge in [0.05, 0.1) is 0 Å². The van der Waals surface area contributed by atoms with Crippen molar-refractivity contribution < 1.29 is 4.39 Å². The quantitative estimate of drug-likeness (QED) is 0.604. The van der Waals surface area contributed by atoms with Crippen molar-refractivity contribution in [1.82, 2.24) is 0 Å². The predicted molar refractivity (Wildman–Crippen MR) is 91.3 cm³/mol. The van der Waals surface area contributed by atoms with Crippen LogP contribution in [0.15, 0.2) is 24.3 Å². The summed E-state index contributed by atoms with van der Waals surface area (Å²) in [6, 6.07) is 7.15. The highest BCUT2D eigenvalue weighted by molar-refractivity contribution is 5.16. The molecular formula is C21H31F. The van der Waals surface area contributed by atoms with Crippen LogP contribution in [-0.2, 0) is 6.42 Å². The normalized spacial score (nSPS) is 32.8. The van der Waals surface area contributed by atoms with Crippen LogP contribution in [0.2, 0.25) is 0 Å². The molecule has 0 N–H and O–H groups in total. The van der Waals surface area contributed by atoms with E-state index in [-0.39, 0.29) is 5.82 Å². The van der Waals surface area contributed by atoms with Gasteiger partial charge in [-0.25, -0.2) is 4.39 Å². The molecule has 1 aromatic rings. The maximum Gasteiger partial charge on any atom is 0.123 e. The SMILES string of the molecule is CC1CCC(C2CCC(CCc3cccc(F)c3)CC2)CC1. The summed E-state index contributed by atoms with van der Waals surface area (Å²) in [5.41, 5.74) is 1.17. The molecule has 3 rings (SSSR count). The molecule has 0 amide bonds. The highest BCUT2D eigenvalue weighted by Gasteiger charge is 2.29. The van der Waals surface area contributed by atoms with Crippen molar-refractivity contribution in [2.24, 2.45) is 23.7 Å². The second kappa shape index (κ2) is 7.62. The van der Waals surface area contributed by atoms with E-state index in [1.54, 1.807) is 12.1 Å². The van der Waals surface area contributed by atoms with Crippen LogP contribution in [0.4, 0.5) is 4.39 Å². The Morgan fingerprint density at radius 2 is 1.55 bits per heavy atom. The van der Waals surface area contributed by atoms with Crippen LogP contribution in [0.3, 0.4) is 0 Å². The third kappa shape index (κ3) is 4.33. The summed E-state index contributed by atoms with van der Waals surface area (Å²) < 4.78 is 13.2. The fourth-order valence-corrected chi connectivity index (χ4v) is 4.77. The molecule has 1 heteroatoms. The molecule has 0 spiro atoms. The van der Waals surface area contributed by atoms with E-state index in [9.17, 15) is 4.39 Å². The Morgan fingerprint density at radius 1 is 0.909 bits per heavy atom. The van der Waals surface area contributed by atoms with Gasteiger partial charge in [0.15, 0.2) is 0 Å². The highest BCUT2D eigenvalue weighted by Crippen LogP contribution is 2.42. The van der Waals surface area contributed by atoms with Crippen molar-refractivity contribution in [3.63, 3.8) is 0 Å². The van der Waals surface area contributed by atoms with E-state index in [1.807, 2.05) is 6.07 Å². The summed E-state index contributed by atoms with van der Waals surface area (Å²) in [6.45, 7) is 2.42. The Hall–Kier alpha value is -0.850. The molecule has 0 bridgehead atoms. The molecule has 0 aliphatic heterocycles. The minimum atomic E-state index is -0.0901. The number of halogens is 1. The Kier molecular flexibility index (Phi) is 5.55. The second-order valence-electron chi connectivity index (χ2n) is 7.97. The molecule has 0 nitrogen and oxygen atoms in total. The molecule has 0 heterocycles. The first-order chi connectivity index (χ1) is 10.7. The standard InChI is InChI=1S/C21H31F/c1-16-5-11-19(12-6-16)20-13-9-17(10-14-20)7-8-18-3-2-4-21(22)15-18/h2-4,15-17,19-20H,5-14H2,1H3. The Bertz CT molecular complexity index is 451. The van der Waals surface area contributed by atoms with Gasteiger partial charge in [-0.2, -0.15) is 0 Å². The van der Waals surface area contributed by atoms with Gasteiger partial charge in [-0.3, -0.25) is 0 Å². The second-order valence-corrected chi connectivity index (χ2v) is 7.97. The molecule has 0 atom stereocenters. The first-order valence-corrected chi connectivity index (χ1v) is 9.45. The topological polar surface area (TPSA) is 0 Å². The van der Waals surface area contributed by atoms with Gasteiger partial charge < -0.3 is 0 Å². The summed E-state index contributed by atoms with van der Waals surface area (Å²) >= 11 is 0. The monoisotopic (exact) mass is 302 g/mol. The molecule has 2 aliphatic rings. The smallest absolute Gasteiger partial charge is 0.123 e. The Morgan fingerprint density at radius 3 is 2.18 bits per heavy atom. The summed E-state index contributed by atoms with van der Waals surface area (Å²) in [5, 5.41) is 0. The molecule has 2 aliphatic carbocycles. The molecule has 22 heavy (non-hydrogen) atoms. The zero-order valence-corrected chi connectivity index (χ0v) is 14.1. The van der Waals surface area contributed by atoms with E-state index < -0.39 is 0 Å². The van der Waals surface area contributed by atoms with Crippen molar-refractivity contribution >= 4 is 0 Å². The zero-order valence-electron chi connectivity index (χ0n) is 14.1. The number of benzene rings is 1. The maximum atomic E-state index is 13.2. The fraction of sp³-hybridized carbons (Fsp3) is 0.714. The molecule has 0 radical (unpaired) electrons. The van der Waals surface area contributed by atoms with Crippen LogP contribution in [0.25, 0.3) is 0 Å². The lowest BCUT2D eigenvalue weighted by Crippen LogP contribution is -2.25. The molecule has 2 fully saturated rings. The Balaban J connectivity index is 1.40. The van der Waals surface area contributed by atoms with E-state index in [0.29, 0.717) is 0 Å². The van der Waals surface area contributed by atoms with Crippen LogP contribution < -0.4 is 0 Å². The minimum absolute atomic E-state index is 0.0901. The van der Waals surface area contributed by atoms with Crippen LogP contribution in [0.1, 0.15) is 70.3 Å². The highest BCUT2D eigenvalue weighted by atomic mass is 19.1. The van der Waals surface area contributed by atoms with Crippen molar-refractivity contribution in [3.05, 3.63) is 35.6 Å². The first-order valence-electron chi connectivity index (χ1n) is 9.45. The minimum Gasteiger partial charge on any atom is -0.207 e. The van der Waals surface area contributed by atoms with Crippen molar-refractivity contribution in [2.75, 3.05) is 0 Å². The number of rotatable bonds is 4. The van der Waals surface area contributed by atoms with Crippen molar-refractivity contribution in [3.8, 4) is 0 Å². The molecule has 2 saturated carbocycles. The van der Waals surface area contributed by atoms with Gasteiger partial charge in [0, 0.05) is 0 Å². The number of hydrogen-bond acceptors (Lipinski definition) is 0. The lowest BCUT2D eigenvalue weighted by molar-refractivity contribution is 0.148. The lowest BCUT2D eigenvalue weighted by atomic mass is 9.69. The molecule has 122 valence electrons. The molecule has 0 saturated heterocycles. The summed E-state index contributed by atoms with van der Waals surface area (Å²) in [7, 11) is 0. The van der Waals surface area contributed by atoms with Gasteiger partial charge in [-0.15, -0.1) is 0 Å². The van der Waals surface area contributed by atoms with E-state index in [1.165, 1.54) is 63.4 Å². The molecule has 1 aromatic carbocycles. The Labute approximate surface area is 135 Å². The predicted octanol–water partition coefficient (Wildman–Crippen LogP) is 6.39. The first kappa shape index (κ1) is 16.0. The molecular weight excluding hydrogens is 271 g/mol. The number of hydrogen-bond donors (Lipinski definition) is 0. The summed E-state index contributed by atoms with van der Waals surface area (Å²) in [5.74, 6) is 3.80. The van der Waals surface area contributed by atoms with Gasteiger partial charge in [0.2, 0.25) is 0 Å². The van der Waals surface area contributed by atoms with E-state index in [4.69, 9.17) is 0 Å². The van der Waals surface area contributed by atoms with Crippen LogP contribution in [0.5, 0.6) is 0 Å². The van der Waals surface area contributed by atoms with E-state index >= 15 is 0 Å². The molecule has 0 unspecified atom stereocenters. The van der Waals surface area contributed by atoms with Gasteiger partial charge in [-0.1, -0.05) is 44.7 Å². The van der Waals surface area contributed by atoms with Crippen LogP contribution in [0, 0.1) is 29.5 Å². The van der Waals surface area contributed by atoms with Gasteiger partial charge in [-0.05, 0) is 79.9 Å². The third-order valence-corrected chi connectivity index (χ3v) is 6.35. The van der Waals surface area contributed by atoms with E-state index in [2.05, 4.69) is 13.0 Å². The van der Waals surface area contributed by atoms with E-state index in [0.717, 1.165) is 30.1 Å². The number of aryl methyl sites for hydroxylation is 1. The average Bonchev–Trinajstić information content (AvgIpc) is 2.54. The lowest BCUT2D eigenvalue weighted by Gasteiger charge is -2.37.